The third-order valence-corrected chi connectivity index (χ3v) is 5.30. The highest BCUT2D eigenvalue weighted by atomic mass is 16.5. The quantitative estimate of drug-likeness (QED) is 0.419. The molecule has 0 unspecified atom stereocenters. The molecule has 0 fully saturated rings. The van der Waals surface area contributed by atoms with Gasteiger partial charge in [0.05, 0.1) is 24.5 Å². The minimum atomic E-state index is -0.523. The summed E-state index contributed by atoms with van der Waals surface area (Å²) in [6.45, 7) is 4.09. The highest BCUT2D eigenvalue weighted by Gasteiger charge is 2.46. The van der Waals surface area contributed by atoms with E-state index in [4.69, 9.17) is 4.74 Å². The van der Waals surface area contributed by atoms with Gasteiger partial charge in [0, 0.05) is 24.8 Å². The lowest BCUT2D eigenvalue weighted by molar-refractivity contribution is -0.576. The summed E-state index contributed by atoms with van der Waals surface area (Å²) in [6, 6.07) is 14.4. The first kappa shape index (κ1) is 21.5. The number of hydrogen-bond donors (Lipinski definition) is 0. The van der Waals surface area contributed by atoms with Gasteiger partial charge in [-0.15, -0.1) is 0 Å². The predicted molar refractivity (Wildman–Crippen MR) is 115 cm³/mol. The largest absolute Gasteiger partial charge is 0.858 e. The summed E-state index contributed by atoms with van der Waals surface area (Å²) in [5.41, 5.74) is 1.43. The zero-order chi connectivity index (χ0) is 22.8. The molecule has 0 saturated carbocycles. The fourth-order valence-corrected chi connectivity index (χ4v) is 3.76. The third kappa shape index (κ3) is 3.58. The maximum absolute atomic E-state index is 13.6. The molecule has 3 aromatic rings. The monoisotopic (exact) mass is 432 g/mol. The van der Waals surface area contributed by atoms with Crippen LogP contribution >= 0.6 is 0 Å². The van der Waals surface area contributed by atoms with Crippen LogP contribution in [0.3, 0.4) is 0 Å². The van der Waals surface area contributed by atoms with Crippen LogP contribution in [-0.4, -0.2) is 46.8 Å². The molecule has 164 valence electrons. The first-order valence-electron chi connectivity index (χ1n) is 10.4. The van der Waals surface area contributed by atoms with Crippen LogP contribution in [0.25, 0.3) is 17.0 Å². The number of ether oxygens (including phenoxy) is 1. The summed E-state index contributed by atoms with van der Waals surface area (Å²) in [5.74, 6) is -1.57. The summed E-state index contributed by atoms with van der Waals surface area (Å²) in [7, 11) is 1.50. The van der Waals surface area contributed by atoms with Gasteiger partial charge < -0.3 is 9.84 Å². The molecule has 1 aliphatic rings. The first-order valence-corrected chi connectivity index (χ1v) is 10.4. The van der Waals surface area contributed by atoms with E-state index < -0.39 is 17.7 Å². The van der Waals surface area contributed by atoms with Gasteiger partial charge in [0.25, 0.3) is 11.6 Å². The Balaban J connectivity index is 1.98. The molecule has 8 nitrogen and oxygen atoms in total. The molecule has 3 heterocycles. The number of carbonyl (C=O) groups is 2. The van der Waals surface area contributed by atoms with Gasteiger partial charge in [-0.25, -0.2) is 4.68 Å². The number of nitrogens with zero attached hydrogens (tertiary/aromatic N) is 4. The van der Waals surface area contributed by atoms with Gasteiger partial charge in [-0.3, -0.25) is 14.5 Å². The maximum Gasteiger partial charge on any atom is 0.326 e. The summed E-state index contributed by atoms with van der Waals surface area (Å²) in [5, 5.41) is 18.1. The molecule has 0 N–H and O–H groups in total. The van der Waals surface area contributed by atoms with Crippen molar-refractivity contribution in [3.05, 3.63) is 72.2 Å². The van der Waals surface area contributed by atoms with Crippen molar-refractivity contribution >= 4 is 23.1 Å². The Morgan fingerprint density at radius 3 is 2.31 bits per heavy atom. The van der Waals surface area contributed by atoms with Crippen LogP contribution in [0.5, 0.6) is 5.88 Å². The van der Waals surface area contributed by atoms with Crippen LogP contribution in [0.1, 0.15) is 31.0 Å². The van der Waals surface area contributed by atoms with Gasteiger partial charge in [-0.1, -0.05) is 38.1 Å². The molecule has 0 atom stereocenters. The fourth-order valence-electron chi connectivity index (χ4n) is 3.76. The van der Waals surface area contributed by atoms with Crippen LogP contribution in [0.2, 0.25) is 0 Å². The van der Waals surface area contributed by atoms with Crippen molar-refractivity contribution in [2.24, 2.45) is 0 Å². The Morgan fingerprint density at radius 1 is 1.03 bits per heavy atom. The van der Waals surface area contributed by atoms with E-state index >= 15 is 0 Å². The number of hydrogen-bond acceptors (Lipinski definition) is 5. The van der Waals surface area contributed by atoms with Crippen LogP contribution in [0.15, 0.2) is 60.9 Å². The molecule has 0 saturated heterocycles. The number of rotatable bonds is 7. The van der Waals surface area contributed by atoms with Gasteiger partial charge >= 0.3 is 5.91 Å². The zero-order valence-corrected chi connectivity index (χ0v) is 18.2. The topological polar surface area (TPSA) is 91.4 Å². The van der Waals surface area contributed by atoms with Crippen molar-refractivity contribution in [3.63, 3.8) is 0 Å². The number of carbonyl (C=O) groups excluding carboxylic acids is 2. The molecule has 0 bridgehead atoms. The van der Waals surface area contributed by atoms with Gasteiger partial charge in [0.2, 0.25) is 0 Å². The molecule has 32 heavy (non-hydrogen) atoms. The molecule has 0 spiro atoms. The number of amides is 2. The van der Waals surface area contributed by atoms with Gasteiger partial charge in [0.1, 0.15) is 5.57 Å². The Hall–Kier alpha value is -3.78. The number of imide groups is 1. The maximum atomic E-state index is 13.6. The van der Waals surface area contributed by atoms with E-state index in [0.717, 1.165) is 4.90 Å². The SMILES string of the molecule is COCCN1C(=O)C(c2c(C(C)C)nn(-c3ccccc3)c2[O-])=C([n+]2ccccc2)C1=O. The van der Waals surface area contributed by atoms with E-state index in [0.29, 0.717) is 11.4 Å². The molecule has 2 amide bonds. The van der Waals surface area contributed by atoms with Crippen LogP contribution in [0, 0.1) is 0 Å². The fraction of sp³-hybridized carbons (Fsp3) is 0.250. The Bertz CT molecular complexity index is 1180. The molecule has 8 heteroatoms. The van der Waals surface area contributed by atoms with Crippen molar-refractivity contribution in [1.29, 1.82) is 0 Å². The number of pyridine rings is 1. The van der Waals surface area contributed by atoms with Crippen molar-refractivity contribution in [2.45, 2.75) is 19.8 Å². The number of methoxy groups -OCH3 is 1. The summed E-state index contributed by atoms with van der Waals surface area (Å²) < 4.78 is 7.95. The normalized spacial score (nSPS) is 14.2. The van der Waals surface area contributed by atoms with E-state index in [9.17, 15) is 14.7 Å². The molecule has 1 aromatic carbocycles. The summed E-state index contributed by atoms with van der Waals surface area (Å²) >= 11 is 0. The third-order valence-electron chi connectivity index (χ3n) is 5.30. The summed E-state index contributed by atoms with van der Waals surface area (Å²) in [4.78, 5) is 27.9. The van der Waals surface area contributed by atoms with Crippen molar-refractivity contribution < 1.29 is 24.0 Å². The Kier molecular flexibility index (Phi) is 5.87. The van der Waals surface area contributed by atoms with Crippen LogP contribution in [0.4, 0.5) is 0 Å². The van der Waals surface area contributed by atoms with E-state index in [2.05, 4.69) is 5.10 Å². The standard InChI is InChI=1S/C24H24N4O4/c1-16(2)20-18(23(30)28(25-20)17-10-6-4-7-11-17)19-21(26-12-8-5-9-13-26)24(31)27(22(19)29)14-15-32-3/h4-13,16H,14-15H2,1-3H3. The highest BCUT2D eigenvalue weighted by Crippen LogP contribution is 2.39. The number of aromatic nitrogens is 3. The second-order valence-electron chi connectivity index (χ2n) is 7.73. The van der Waals surface area contributed by atoms with Gasteiger partial charge in [-0.2, -0.15) is 9.67 Å². The van der Waals surface area contributed by atoms with Crippen LogP contribution < -0.4 is 9.67 Å². The first-order chi connectivity index (χ1) is 15.5. The minimum Gasteiger partial charge on any atom is -0.858 e. The van der Waals surface area contributed by atoms with Gasteiger partial charge in [-0.05, 0) is 23.9 Å². The average Bonchev–Trinajstić information content (AvgIpc) is 3.26. The lowest BCUT2D eigenvalue weighted by atomic mass is 9.98. The van der Waals surface area contributed by atoms with E-state index in [1.165, 1.54) is 11.8 Å². The van der Waals surface area contributed by atoms with Gasteiger partial charge in [0.15, 0.2) is 12.4 Å². The van der Waals surface area contributed by atoms with Crippen LogP contribution in [-0.2, 0) is 14.3 Å². The number of para-hydroxylation sites is 1. The molecular weight excluding hydrogens is 408 g/mol. The second kappa shape index (κ2) is 8.76. The summed E-state index contributed by atoms with van der Waals surface area (Å²) in [6.07, 6.45) is 3.36. The second-order valence-corrected chi connectivity index (χ2v) is 7.73. The van der Waals surface area contributed by atoms with E-state index in [1.54, 1.807) is 41.2 Å². The molecule has 0 aliphatic carbocycles. The lowest BCUT2D eigenvalue weighted by Crippen LogP contribution is -2.40. The van der Waals surface area contributed by atoms with E-state index in [-0.39, 0.29) is 35.9 Å². The van der Waals surface area contributed by atoms with Crippen molar-refractivity contribution in [1.82, 2.24) is 14.7 Å². The Labute approximate surface area is 186 Å². The zero-order valence-electron chi connectivity index (χ0n) is 18.2. The molecular formula is C24H24N4O4. The molecule has 1 aliphatic heterocycles. The molecule has 2 aromatic heterocycles. The predicted octanol–water partition coefficient (Wildman–Crippen LogP) is 1.74. The van der Waals surface area contributed by atoms with Crippen molar-refractivity contribution in [3.8, 4) is 11.6 Å². The smallest absolute Gasteiger partial charge is 0.326 e. The molecule has 0 radical (unpaired) electrons. The Morgan fingerprint density at radius 2 is 1.69 bits per heavy atom. The molecule has 4 rings (SSSR count). The van der Waals surface area contributed by atoms with E-state index in [1.807, 2.05) is 38.1 Å². The average molecular weight is 432 g/mol. The number of benzene rings is 1. The van der Waals surface area contributed by atoms with Crippen molar-refractivity contribution in [2.75, 3.05) is 20.3 Å². The lowest BCUT2D eigenvalue weighted by Gasteiger charge is -2.15. The minimum absolute atomic E-state index is 0.0678. The highest BCUT2D eigenvalue weighted by molar-refractivity contribution is 6.44.